The summed E-state index contributed by atoms with van der Waals surface area (Å²) >= 11 is 0. The topological polar surface area (TPSA) is 141 Å². The highest BCUT2D eigenvalue weighted by atomic mass is 32.2. The van der Waals surface area contributed by atoms with Gasteiger partial charge in [0.15, 0.2) is 0 Å². The highest BCUT2D eigenvalue weighted by Crippen LogP contribution is 1.98. The van der Waals surface area contributed by atoms with E-state index >= 15 is 0 Å². The van der Waals surface area contributed by atoms with Gasteiger partial charge in [-0.15, -0.1) is 0 Å². The van der Waals surface area contributed by atoms with E-state index in [-0.39, 0.29) is 25.1 Å². The maximum absolute atomic E-state index is 11.6. The number of nitrogens with one attached hydrogen (secondary N) is 3. The second kappa shape index (κ2) is 7.62. The van der Waals surface area contributed by atoms with Crippen molar-refractivity contribution in [2.24, 2.45) is 0 Å². The van der Waals surface area contributed by atoms with E-state index in [0.29, 0.717) is 5.69 Å². The molecule has 0 aliphatic rings. The van der Waals surface area contributed by atoms with Gasteiger partial charge in [0.05, 0.1) is 12.1 Å². The van der Waals surface area contributed by atoms with Gasteiger partial charge in [0.25, 0.3) is 0 Å². The van der Waals surface area contributed by atoms with Gasteiger partial charge < -0.3 is 20.7 Å². The minimum atomic E-state index is -3.07. The first-order chi connectivity index (χ1) is 9.78. The number of aromatic nitrogens is 2. The number of carbonyl (C=O) groups excluding carboxylic acids is 1. The van der Waals surface area contributed by atoms with Gasteiger partial charge in [-0.2, -0.15) is 0 Å². The fourth-order valence-electron chi connectivity index (χ4n) is 1.56. The van der Waals surface area contributed by atoms with Gasteiger partial charge in [0.1, 0.15) is 15.9 Å². The molecule has 4 N–H and O–H groups in total. The molecule has 0 aromatic carbocycles. The molecular formula is C11H18N4O5S. The van der Waals surface area contributed by atoms with E-state index in [0.717, 1.165) is 6.26 Å². The normalized spacial score (nSPS) is 12.6. The molecule has 0 saturated carbocycles. The lowest BCUT2D eigenvalue weighted by atomic mass is 10.2. The van der Waals surface area contributed by atoms with Crippen LogP contribution < -0.4 is 10.6 Å². The molecule has 10 heteroatoms. The molecule has 21 heavy (non-hydrogen) atoms. The van der Waals surface area contributed by atoms with Crippen molar-refractivity contribution in [3.63, 3.8) is 0 Å². The summed E-state index contributed by atoms with van der Waals surface area (Å²) in [5, 5.41) is 13.8. The Labute approximate surface area is 122 Å². The fraction of sp³-hybridized carbons (Fsp3) is 0.545. The number of amides is 2. The molecule has 0 spiro atoms. The van der Waals surface area contributed by atoms with Gasteiger partial charge >= 0.3 is 12.0 Å². The standard InChI is InChI=1S/C11H18N4O5S/c1-21(19,20)4-2-3-13-11(18)15-9(10(16)17)5-8-6-12-7-14-8/h6-7,9H,2-5H2,1H3,(H,12,14)(H,16,17)(H2,13,15,18). The summed E-state index contributed by atoms with van der Waals surface area (Å²) < 4.78 is 21.8. The molecule has 0 saturated heterocycles. The van der Waals surface area contributed by atoms with E-state index in [9.17, 15) is 18.0 Å². The number of aliphatic carboxylic acids is 1. The third kappa shape index (κ3) is 7.30. The number of carboxylic acids is 1. The molecule has 1 aromatic rings. The van der Waals surface area contributed by atoms with Crippen LogP contribution in [-0.4, -0.2) is 60.1 Å². The molecule has 0 fully saturated rings. The molecular weight excluding hydrogens is 300 g/mol. The lowest BCUT2D eigenvalue weighted by Crippen LogP contribution is -2.47. The number of carbonyl (C=O) groups is 2. The Morgan fingerprint density at radius 1 is 1.48 bits per heavy atom. The van der Waals surface area contributed by atoms with Gasteiger partial charge in [0.2, 0.25) is 0 Å². The average Bonchev–Trinajstić information content (AvgIpc) is 2.85. The zero-order chi connectivity index (χ0) is 15.9. The zero-order valence-electron chi connectivity index (χ0n) is 11.5. The molecule has 0 bridgehead atoms. The number of carboxylic acid groups (broad SMARTS) is 1. The predicted molar refractivity (Wildman–Crippen MR) is 74.6 cm³/mol. The van der Waals surface area contributed by atoms with Gasteiger partial charge in [-0.1, -0.05) is 0 Å². The van der Waals surface area contributed by atoms with Crippen LogP contribution in [0, 0.1) is 0 Å². The predicted octanol–water partition coefficient (Wildman–Crippen LogP) is -0.861. The summed E-state index contributed by atoms with van der Waals surface area (Å²) in [6.07, 6.45) is 4.34. The first-order valence-electron chi connectivity index (χ1n) is 6.20. The van der Waals surface area contributed by atoms with Crippen molar-refractivity contribution in [2.45, 2.75) is 18.9 Å². The fourth-order valence-corrected chi connectivity index (χ4v) is 2.23. The number of hydrogen-bond donors (Lipinski definition) is 4. The average molecular weight is 318 g/mol. The van der Waals surface area contributed by atoms with Crippen molar-refractivity contribution in [3.05, 3.63) is 18.2 Å². The number of rotatable bonds is 8. The second-order valence-electron chi connectivity index (χ2n) is 4.56. The third-order valence-corrected chi connectivity index (χ3v) is 3.59. The Kier molecular flexibility index (Phi) is 6.15. The number of hydrogen-bond acceptors (Lipinski definition) is 5. The van der Waals surface area contributed by atoms with Crippen LogP contribution in [0.3, 0.4) is 0 Å². The van der Waals surface area contributed by atoms with E-state index < -0.39 is 27.9 Å². The van der Waals surface area contributed by atoms with E-state index in [1.807, 2.05) is 0 Å². The molecule has 1 aromatic heterocycles. The highest BCUT2D eigenvalue weighted by molar-refractivity contribution is 7.90. The summed E-state index contributed by atoms with van der Waals surface area (Å²) in [4.78, 5) is 29.1. The Bertz CT molecular complexity index is 569. The highest BCUT2D eigenvalue weighted by Gasteiger charge is 2.20. The first kappa shape index (κ1) is 17.0. The lowest BCUT2D eigenvalue weighted by Gasteiger charge is -2.14. The second-order valence-corrected chi connectivity index (χ2v) is 6.82. The minimum Gasteiger partial charge on any atom is -0.480 e. The van der Waals surface area contributed by atoms with Crippen LogP contribution in [0.1, 0.15) is 12.1 Å². The van der Waals surface area contributed by atoms with Gasteiger partial charge in [-0.25, -0.2) is 23.0 Å². The number of urea groups is 1. The lowest BCUT2D eigenvalue weighted by molar-refractivity contribution is -0.139. The number of aromatic amines is 1. The van der Waals surface area contributed by atoms with Gasteiger partial charge in [-0.05, 0) is 6.42 Å². The van der Waals surface area contributed by atoms with E-state index in [2.05, 4.69) is 20.6 Å². The zero-order valence-corrected chi connectivity index (χ0v) is 12.3. The van der Waals surface area contributed by atoms with Crippen molar-refractivity contribution in [1.82, 2.24) is 20.6 Å². The number of H-pyrrole nitrogens is 1. The van der Waals surface area contributed by atoms with Crippen LogP contribution in [0.4, 0.5) is 4.79 Å². The Hall–Kier alpha value is -2.10. The summed E-state index contributed by atoms with van der Waals surface area (Å²) in [6.45, 7) is 0.148. The molecule has 2 amide bonds. The Morgan fingerprint density at radius 3 is 2.71 bits per heavy atom. The molecule has 1 rings (SSSR count). The summed E-state index contributed by atoms with van der Waals surface area (Å²) in [5.41, 5.74) is 0.583. The van der Waals surface area contributed by atoms with E-state index in [1.165, 1.54) is 12.5 Å². The van der Waals surface area contributed by atoms with E-state index in [1.54, 1.807) is 0 Å². The molecule has 118 valence electrons. The number of nitrogens with zero attached hydrogens (tertiary/aromatic N) is 1. The van der Waals surface area contributed by atoms with Crippen LogP contribution in [0.15, 0.2) is 12.5 Å². The first-order valence-corrected chi connectivity index (χ1v) is 8.26. The molecule has 0 aliphatic heterocycles. The van der Waals surface area contributed by atoms with Crippen molar-refractivity contribution < 1.29 is 23.1 Å². The molecule has 1 heterocycles. The van der Waals surface area contributed by atoms with Crippen LogP contribution in [-0.2, 0) is 21.1 Å². The Balaban J connectivity index is 2.37. The van der Waals surface area contributed by atoms with Crippen LogP contribution in [0.25, 0.3) is 0 Å². The molecule has 9 nitrogen and oxygen atoms in total. The van der Waals surface area contributed by atoms with Crippen molar-refractivity contribution in [1.29, 1.82) is 0 Å². The van der Waals surface area contributed by atoms with Crippen molar-refractivity contribution in [2.75, 3.05) is 18.6 Å². The summed E-state index contributed by atoms with van der Waals surface area (Å²) in [6, 6.07) is -1.75. The number of sulfone groups is 1. The minimum absolute atomic E-state index is 0.0379. The molecule has 0 aliphatic carbocycles. The van der Waals surface area contributed by atoms with Gasteiger partial charge in [0, 0.05) is 31.1 Å². The van der Waals surface area contributed by atoms with Crippen LogP contribution >= 0.6 is 0 Å². The van der Waals surface area contributed by atoms with Gasteiger partial charge in [-0.3, -0.25) is 0 Å². The molecule has 0 radical (unpaired) electrons. The third-order valence-electron chi connectivity index (χ3n) is 2.56. The summed E-state index contributed by atoms with van der Waals surface area (Å²) in [5.74, 6) is -1.21. The molecule has 1 atom stereocenters. The monoisotopic (exact) mass is 318 g/mol. The largest absolute Gasteiger partial charge is 0.480 e. The maximum Gasteiger partial charge on any atom is 0.326 e. The van der Waals surface area contributed by atoms with Crippen LogP contribution in [0.2, 0.25) is 0 Å². The summed E-state index contributed by atoms with van der Waals surface area (Å²) in [7, 11) is -3.07. The SMILES string of the molecule is CS(=O)(=O)CCCNC(=O)NC(Cc1cnc[nH]1)C(=O)O. The smallest absolute Gasteiger partial charge is 0.326 e. The maximum atomic E-state index is 11.6. The quantitative estimate of drug-likeness (QED) is 0.460. The van der Waals surface area contributed by atoms with E-state index in [4.69, 9.17) is 5.11 Å². The Morgan fingerprint density at radius 2 is 2.19 bits per heavy atom. The molecule has 1 unspecified atom stereocenters. The number of imidazole rings is 1. The van der Waals surface area contributed by atoms with Crippen molar-refractivity contribution in [3.8, 4) is 0 Å². The van der Waals surface area contributed by atoms with Crippen molar-refractivity contribution >= 4 is 21.8 Å². The van der Waals surface area contributed by atoms with Crippen LogP contribution in [0.5, 0.6) is 0 Å².